The Hall–Kier alpha value is -2.34. The summed E-state index contributed by atoms with van der Waals surface area (Å²) >= 11 is 0. The number of rotatable bonds is 5. The Morgan fingerprint density at radius 3 is 2.35 bits per heavy atom. The van der Waals surface area contributed by atoms with E-state index in [4.69, 9.17) is 0 Å². The fourth-order valence-corrected chi connectivity index (χ4v) is 2.82. The fraction of sp³-hybridized carbons (Fsp3) is 0.235. The first-order valence-corrected chi connectivity index (χ1v) is 9.01. The maximum absolute atomic E-state index is 12.4. The van der Waals surface area contributed by atoms with Crippen LogP contribution in [0.5, 0.6) is 0 Å². The Morgan fingerprint density at radius 1 is 1.09 bits per heavy atom. The van der Waals surface area contributed by atoms with Crippen LogP contribution < -0.4 is 9.62 Å². The normalized spacial score (nSPS) is 11.1. The number of nitrogens with one attached hydrogen (secondary N) is 1. The molecule has 1 amide bonds. The lowest BCUT2D eigenvalue weighted by Crippen LogP contribution is -2.28. The summed E-state index contributed by atoms with van der Waals surface area (Å²) in [6.07, 6.45) is 1.13. The summed E-state index contributed by atoms with van der Waals surface area (Å²) < 4.78 is 24.6. The largest absolute Gasteiger partial charge is 0.348 e. The fourth-order valence-electron chi connectivity index (χ4n) is 2.26. The van der Waals surface area contributed by atoms with Gasteiger partial charge in [0.2, 0.25) is 10.0 Å². The van der Waals surface area contributed by atoms with Crippen molar-refractivity contribution in [2.24, 2.45) is 0 Å². The van der Waals surface area contributed by atoms with Crippen molar-refractivity contribution >= 4 is 21.6 Å². The number of carbonyl (C=O) groups is 1. The van der Waals surface area contributed by atoms with Gasteiger partial charge in [-0.1, -0.05) is 36.4 Å². The molecule has 0 saturated carbocycles. The number of amides is 1. The van der Waals surface area contributed by atoms with Gasteiger partial charge in [-0.3, -0.25) is 9.10 Å². The first kappa shape index (κ1) is 17.0. The van der Waals surface area contributed by atoms with Crippen LogP contribution in [-0.4, -0.2) is 27.6 Å². The molecular formula is C17H20N2O3S. The first-order valence-electron chi connectivity index (χ1n) is 7.16. The molecule has 0 aromatic heterocycles. The Morgan fingerprint density at radius 2 is 1.74 bits per heavy atom. The van der Waals surface area contributed by atoms with Crippen LogP contribution in [0.25, 0.3) is 0 Å². The highest BCUT2D eigenvalue weighted by Crippen LogP contribution is 2.24. The molecule has 2 rings (SSSR count). The SMILES string of the molecule is Cc1c(C(=O)NCc2ccccc2)cccc1N(C)S(C)(=O)=O. The summed E-state index contributed by atoms with van der Waals surface area (Å²) in [5, 5.41) is 2.85. The summed E-state index contributed by atoms with van der Waals surface area (Å²) in [4.78, 5) is 12.4. The van der Waals surface area contributed by atoms with E-state index in [-0.39, 0.29) is 5.91 Å². The van der Waals surface area contributed by atoms with Gasteiger partial charge in [-0.25, -0.2) is 8.42 Å². The van der Waals surface area contributed by atoms with Crippen molar-refractivity contribution in [1.29, 1.82) is 0 Å². The third kappa shape index (κ3) is 4.10. The lowest BCUT2D eigenvalue weighted by Gasteiger charge is -2.20. The summed E-state index contributed by atoms with van der Waals surface area (Å²) in [7, 11) is -1.90. The van der Waals surface area contributed by atoms with E-state index in [1.807, 2.05) is 30.3 Å². The van der Waals surface area contributed by atoms with Gasteiger partial charge in [-0.15, -0.1) is 0 Å². The topological polar surface area (TPSA) is 66.5 Å². The van der Waals surface area contributed by atoms with E-state index in [9.17, 15) is 13.2 Å². The van der Waals surface area contributed by atoms with Gasteiger partial charge in [0.15, 0.2) is 0 Å². The van der Waals surface area contributed by atoms with Crippen molar-refractivity contribution in [1.82, 2.24) is 5.32 Å². The molecule has 0 heterocycles. The number of sulfonamides is 1. The predicted octanol–water partition coefficient (Wildman–Crippen LogP) is 2.32. The Balaban J connectivity index is 2.21. The van der Waals surface area contributed by atoms with Crippen LogP contribution in [0.4, 0.5) is 5.69 Å². The van der Waals surface area contributed by atoms with Crippen molar-refractivity contribution in [2.45, 2.75) is 13.5 Å². The minimum Gasteiger partial charge on any atom is -0.348 e. The van der Waals surface area contributed by atoms with E-state index in [2.05, 4.69) is 5.32 Å². The van der Waals surface area contributed by atoms with Crippen molar-refractivity contribution in [2.75, 3.05) is 17.6 Å². The maximum Gasteiger partial charge on any atom is 0.251 e. The molecule has 0 aliphatic carbocycles. The Labute approximate surface area is 137 Å². The molecule has 0 bridgehead atoms. The van der Waals surface area contributed by atoms with E-state index >= 15 is 0 Å². The third-order valence-electron chi connectivity index (χ3n) is 3.68. The van der Waals surface area contributed by atoms with E-state index < -0.39 is 10.0 Å². The molecule has 0 radical (unpaired) electrons. The zero-order valence-corrected chi connectivity index (χ0v) is 14.2. The molecule has 6 heteroatoms. The molecule has 122 valence electrons. The monoisotopic (exact) mass is 332 g/mol. The third-order valence-corrected chi connectivity index (χ3v) is 4.87. The molecule has 0 aliphatic rings. The Bertz CT molecular complexity index is 802. The van der Waals surface area contributed by atoms with Crippen LogP contribution in [0.3, 0.4) is 0 Å². The molecule has 0 aliphatic heterocycles. The average molecular weight is 332 g/mol. The van der Waals surface area contributed by atoms with E-state index in [0.717, 1.165) is 11.8 Å². The lowest BCUT2D eigenvalue weighted by atomic mass is 10.1. The van der Waals surface area contributed by atoms with Gasteiger partial charge < -0.3 is 5.32 Å². The van der Waals surface area contributed by atoms with Crippen molar-refractivity contribution in [3.8, 4) is 0 Å². The van der Waals surface area contributed by atoms with Gasteiger partial charge >= 0.3 is 0 Å². The second kappa shape index (κ2) is 6.83. The van der Waals surface area contributed by atoms with Crippen LogP contribution in [0.1, 0.15) is 21.5 Å². The molecule has 0 saturated heterocycles. The zero-order chi connectivity index (χ0) is 17.0. The van der Waals surface area contributed by atoms with E-state index in [0.29, 0.717) is 23.4 Å². The number of anilines is 1. The molecule has 1 N–H and O–H groups in total. The minimum absolute atomic E-state index is 0.227. The lowest BCUT2D eigenvalue weighted by molar-refractivity contribution is 0.0950. The molecule has 0 unspecified atom stereocenters. The smallest absolute Gasteiger partial charge is 0.251 e. The minimum atomic E-state index is -3.37. The quantitative estimate of drug-likeness (QED) is 0.914. The van der Waals surface area contributed by atoms with Crippen LogP contribution >= 0.6 is 0 Å². The zero-order valence-electron chi connectivity index (χ0n) is 13.4. The molecule has 0 atom stereocenters. The average Bonchev–Trinajstić information content (AvgIpc) is 2.52. The summed E-state index contributed by atoms with van der Waals surface area (Å²) in [5.41, 5.74) is 2.60. The molecule has 2 aromatic carbocycles. The first-order chi connectivity index (χ1) is 10.8. The molecule has 5 nitrogen and oxygen atoms in total. The van der Waals surface area contributed by atoms with Crippen molar-refractivity contribution in [3.63, 3.8) is 0 Å². The Kier molecular flexibility index (Phi) is 5.05. The van der Waals surface area contributed by atoms with Crippen LogP contribution in [0, 0.1) is 6.92 Å². The second-order valence-electron chi connectivity index (χ2n) is 5.35. The number of hydrogen-bond acceptors (Lipinski definition) is 3. The van der Waals surface area contributed by atoms with Gasteiger partial charge in [0.05, 0.1) is 11.9 Å². The van der Waals surface area contributed by atoms with Crippen molar-refractivity contribution < 1.29 is 13.2 Å². The highest BCUT2D eigenvalue weighted by Gasteiger charge is 2.18. The van der Waals surface area contributed by atoms with Gasteiger partial charge in [0.1, 0.15) is 0 Å². The van der Waals surface area contributed by atoms with E-state index in [1.165, 1.54) is 11.4 Å². The van der Waals surface area contributed by atoms with Crippen LogP contribution in [0.15, 0.2) is 48.5 Å². The number of carbonyl (C=O) groups excluding carboxylic acids is 1. The highest BCUT2D eigenvalue weighted by molar-refractivity contribution is 7.92. The molecule has 2 aromatic rings. The van der Waals surface area contributed by atoms with Crippen molar-refractivity contribution in [3.05, 3.63) is 65.2 Å². The van der Waals surface area contributed by atoms with Crippen LogP contribution in [0.2, 0.25) is 0 Å². The number of benzene rings is 2. The van der Waals surface area contributed by atoms with Crippen LogP contribution in [-0.2, 0) is 16.6 Å². The van der Waals surface area contributed by atoms with Gasteiger partial charge in [-0.05, 0) is 30.2 Å². The molecule has 0 fully saturated rings. The number of hydrogen-bond donors (Lipinski definition) is 1. The second-order valence-corrected chi connectivity index (χ2v) is 7.36. The summed E-state index contributed by atoms with van der Waals surface area (Å²) in [5.74, 6) is -0.227. The van der Waals surface area contributed by atoms with Gasteiger partial charge in [0, 0.05) is 19.2 Å². The molecular weight excluding hydrogens is 312 g/mol. The van der Waals surface area contributed by atoms with E-state index in [1.54, 1.807) is 25.1 Å². The maximum atomic E-state index is 12.4. The highest BCUT2D eigenvalue weighted by atomic mass is 32.2. The summed E-state index contributed by atoms with van der Waals surface area (Å²) in [6.45, 7) is 2.17. The summed E-state index contributed by atoms with van der Waals surface area (Å²) in [6, 6.07) is 14.7. The van der Waals surface area contributed by atoms with Gasteiger partial charge in [-0.2, -0.15) is 0 Å². The molecule has 23 heavy (non-hydrogen) atoms. The predicted molar refractivity (Wildman–Crippen MR) is 92.0 cm³/mol. The number of nitrogens with zero attached hydrogens (tertiary/aromatic N) is 1. The standard InChI is InChI=1S/C17H20N2O3S/c1-13-15(10-7-11-16(13)19(2)23(3,21)22)17(20)18-12-14-8-5-4-6-9-14/h4-11H,12H2,1-3H3,(H,18,20). The molecule has 0 spiro atoms. The van der Waals surface area contributed by atoms with Gasteiger partial charge in [0.25, 0.3) is 5.91 Å².